The molecule has 0 aliphatic carbocycles. The Morgan fingerprint density at radius 3 is 2.68 bits per heavy atom. The number of fused-ring (bicyclic) bond motifs is 2. The van der Waals surface area contributed by atoms with Crippen molar-refractivity contribution in [1.29, 1.82) is 0 Å². The molecule has 3 aromatic rings. The third kappa shape index (κ3) is 2.98. The summed E-state index contributed by atoms with van der Waals surface area (Å²) in [5, 5.41) is 5.00. The van der Waals surface area contributed by atoms with Gasteiger partial charge in [-0.2, -0.15) is 0 Å². The SMILES string of the molecule is Cc1ccc2c(c1)CC(C(=O)Nc1ccc3ccccc3c1)OC2=O. The van der Waals surface area contributed by atoms with Crippen molar-refractivity contribution in [2.24, 2.45) is 0 Å². The third-order valence-corrected chi connectivity index (χ3v) is 4.44. The van der Waals surface area contributed by atoms with E-state index in [0.29, 0.717) is 17.7 Å². The molecule has 4 nitrogen and oxygen atoms in total. The molecule has 0 bridgehead atoms. The number of nitrogens with one attached hydrogen (secondary N) is 1. The minimum absolute atomic E-state index is 0.309. The fraction of sp³-hybridized carbons (Fsp3) is 0.143. The van der Waals surface area contributed by atoms with E-state index in [1.54, 1.807) is 6.07 Å². The van der Waals surface area contributed by atoms with Crippen LogP contribution in [0.2, 0.25) is 0 Å². The van der Waals surface area contributed by atoms with Gasteiger partial charge in [-0.1, -0.05) is 48.0 Å². The molecular formula is C21H17NO3. The lowest BCUT2D eigenvalue weighted by atomic mass is 9.96. The first-order valence-electron chi connectivity index (χ1n) is 8.20. The highest BCUT2D eigenvalue weighted by Gasteiger charge is 2.31. The van der Waals surface area contributed by atoms with Gasteiger partial charge in [-0.25, -0.2) is 4.79 Å². The van der Waals surface area contributed by atoms with Crippen LogP contribution in [-0.2, 0) is 16.0 Å². The molecule has 4 heteroatoms. The Hall–Kier alpha value is -3.14. The van der Waals surface area contributed by atoms with Gasteiger partial charge >= 0.3 is 5.97 Å². The van der Waals surface area contributed by atoms with E-state index in [0.717, 1.165) is 21.9 Å². The second kappa shape index (κ2) is 6.06. The van der Waals surface area contributed by atoms with E-state index >= 15 is 0 Å². The van der Waals surface area contributed by atoms with Gasteiger partial charge in [-0.15, -0.1) is 0 Å². The number of hydrogen-bond acceptors (Lipinski definition) is 3. The van der Waals surface area contributed by atoms with Crippen LogP contribution in [-0.4, -0.2) is 18.0 Å². The number of hydrogen-bond donors (Lipinski definition) is 1. The first kappa shape index (κ1) is 15.4. The molecule has 1 N–H and O–H groups in total. The first-order chi connectivity index (χ1) is 12.1. The Bertz CT molecular complexity index is 993. The van der Waals surface area contributed by atoms with E-state index in [1.807, 2.05) is 61.5 Å². The topological polar surface area (TPSA) is 55.4 Å². The monoisotopic (exact) mass is 331 g/mol. The van der Waals surface area contributed by atoms with Gasteiger partial charge in [0.15, 0.2) is 6.10 Å². The summed E-state index contributed by atoms with van der Waals surface area (Å²) in [5.41, 5.74) is 3.15. The molecule has 124 valence electrons. The van der Waals surface area contributed by atoms with Crippen LogP contribution in [0, 0.1) is 6.92 Å². The molecule has 25 heavy (non-hydrogen) atoms. The minimum Gasteiger partial charge on any atom is -0.448 e. The standard InChI is InChI=1S/C21H17NO3/c1-13-6-9-18-16(10-13)12-19(25-21(18)24)20(23)22-17-8-7-14-4-2-3-5-15(14)11-17/h2-11,19H,12H2,1H3,(H,22,23). The highest BCUT2D eigenvalue weighted by atomic mass is 16.5. The molecule has 1 amide bonds. The number of rotatable bonds is 2. The molecule has 4 rings (SSSR count). The fourth-order valence-electron chi connectivity index (χ4n) is 3.16. The smallest absolute Gasteiger partial charge is 0.339 e. The zero-order valence-electron chi connectivity index (χ0n) is 13.8. The third-order valence-electron chi connectivity index (χ3n) is 4.44. The molecule has 1 aliphatic rings. The van der Waals surface area contributed by atoms with Crippen molar-refractivity contribution >= 4 is 28.3 Å². The summed E-state index contributed by atoms with van der Waals surface area (Å²) in [6.07, 6.45) is -0.421. The summed E-state index contributed by atoms with van der Waals surface area (Å²) in [6, 6.07) is 19.2. The number of benzene rings is 3. The summed E-state index contributed by atoms with van der Waals surface area (Å²) in [5.74, 6) is -0.754. The molecule has 0 radical (unpaired) electrons. The van der Waals surface area contributed by atoms with Crippen LogP contribution in [0.15, 0.2) is 60.7 Å². The van der Waals surface area contributed by atoms with Crippen LogP contribution in [0.25, 0.3) is 10.8 Å². The van der Waals surface area contributed by atoms with Gasteiger partial charge in [0.2, 0.25) is 0 Å². The summed E-state index contributed by atoms with van der Waals surface area (Å²) in [4.78, 5) is 24.7. The van der Waals surface area contributed by atoms with E-state index in [1.165, 1.54) is 0 Å². The highest BCUT2D eigenvalue weighted by Crippen LogP contribution is 2.24. The number of cyclic esters (lactones) is 1. The average molecular weight is 331 g/mol. The first-order valence-corrected chi connectivity index (χ1v) is 8.20. The predicted octanol–water partition coefficient (Wildman–Crippen LogP) is 3.87. The zero-order chi connectivity index (χ0) is 17.4. The molecule has 0 spiro atoms. The molecule has 1 heterocycles. The average Bonchev–Trinajstić information content (AvgIpc) is 2.61. The number of carbonyl (C=O) groups excluding carboxylic acids is 2. The Morgan fingerprint density at radius 2 is 1.84 bits per heavy atom. The Balaban J connectivity index is 1.55. The van der Waals surface area contributed by atoms with Crippen molar-refractivity contribution < 1.29 is 14.3 Å². The predicted molar refractivity (Wildman–Crippen MR) is 96.7 cm³/mol. The van der Waals surface area contributed by atoms with Crippen LogP contribution in [0.3, 0.4) is 0 Å². The summed E-state index contributed by atoms with van der Waals surface area (Å²) in [7, 11) is 0. The van der Waals surface area contributed by atoms with Crippen molar-refractivity contribution in [2.45, 2.75) is 19.4 Å². The quantitative estimate of drug-likeness (QED) is 0.725. The molecule has 0 saturated carbocycles. The molecule has 0 aromatic heterocycles. The largest absolute Gasteiger partial charge is 0.448 e. The van der Waals surface area contributed by atoms with Gasteiger partial charge in [0.1, 0.15) is 0 Å². The van der Waals surface area contributed by atoms with Crippen LogP contribution in [0.1, 0.15) is 21.5 Å². The molecule has 0 saturated heterocycles. The van der Waals surface area contributed by atoms with Crippen LogP contribution in [0.5, 0.6) is 0 Å². The van der Waals surface area contributed by atoms with E-state index in [2.05, 4.69) is 5.32 Å². The molecule has 1 unspecified atom stereocenters. The van der Waals surface area contributed by atoms with Gasteiger partial charge in [0, 0.05) is 12.1 Å². The van der Waals surface area contributed by atoms with Crippen LogP contribution in [0.4, 0.5) is 5.69 Å². The van der Waals surface area contributed by atoms with Crippen molar-refractivity contribution in [3.63, 3.8) is 0 Å². The molecule has 3 aromatic carbocycles. The highest BCUT2D eigenvalue weighted by molar-refractivity contribution is 6.01. The van der Waals surface area contributed by atoms with E-state index < -0.39 is 12.1 Å². The van der Waals surface area contributed by atoms with Gasteiger partial charge in [-0.05, 0) is 41.5 Å². The lowest BCUT2D eigenvalue weighted by Crippen LogP contribution is -2.38. The molecule has 1 atom stereocenters. The maximum absolute atomic E-state index is 12.6. The van der Waals surface area contributed by atoms with Gasteiger partial charge in [0.25, 0.3) is 5.91 Å². The molecule has 1 aliphatic heterocycles. The zero-order valence-corrected chi connectivity index (χ0v) is 13.8. The van der Waals surface area contributed by atoms with Crippen molar-refractivity contribution in [1.82, 2.24) is 0 Å². The van der Waals surface area contributed by atoms with Gasteiger partial charge in [-0.3, -0.25) is 4.79 Å². The van der Waals surface area contributed by atoms with E-state index in [-0.39, 0.29) is 5.91 Å². The number of carbonyl (C=O) groups is 2. The summed E-state index contributed by atoms with van der Waals surface area (Å²) < 4.78 is 5.32. The second-order valence-corrected chi connectivity index (χ2v) is 6.31. The fourth-order valence-corrected chi connectivity index (χ4v) is 3.16. The maximum atomic E-state index is 12.6. The number of esters is 1. The van der Waals surface area contributed by atoms with E-state index in [4.69, 9.17) is 4.74 Å². The lowest BCUT2D eigenvalue weighted by Gasteiger charge is -2.24. The normalized spacial score (nSPS) is 16.2. The van der Waals surface area contributed by atoms with E-state index in [9.17, 15) is 9.59 Å². The van der Waals surface area contributed by atoms with Crippen molar-refractivity contribution in [3.8, 4) is 0 Å². The number of amides is 1. The second-order valence-electron chi connectivity index (χ2n) is 6.31. The molecular weight excluding hydrogens is 314 g/mol. The number of anilines is 1. The molecule has 0 fully saturated rings. The van der Waals surface area contributed by atoms with Crippen molar-refractivity contribution in [3.05, 3.63) is 77.4 Å². The Labute approximate surface area is 145 Å². The van der Waals surface area contributed by atoms with Gasteiger partial charge < -0.3 is 10.1 Å². The number of aryl methyl sites for hydroxylation is 1. The Morgan fingerprint density at radius 1 is 1.04 bits per heavy atom. The number of ether oxygens (including phenoxy) is 1. The maximum Gasteiger partial charge on any atom is 0.339 e. The van der Waals surface area contributed by atoms with Crippen molar-refractivity contribution in [2.75, 3.05) is 5.32 Å². The van der Waals surface area contributed by atoms with Crippen LogP contribution < -0.4 is 5.32 Å². The Kier molecular flexibility index (Phi) is 3.73. The minimum atomic E-state index is -0.812. The van der Waals surface area contributed by atoms with Crippen LogP contribution >= 0.6 is 0 Å². The van der Waals surface area contributed by atoms with Gasteiger partial charge in [0.05, 0.1) is 5.56 Å². The summed E-state index contributed by atoms with van der Waals surface area (Å²) >= 11 is 0. The summed E-state index contributed by atoms with van der Waals surface area (Å²) in [6.45, 7) is 1.96. The lowest BCUT2D eigenvalue weighted by molar-refractivity contribution is -0.125.